The maximum absolute atomic E-state index is 15.0. The van der Waals surface area contributed by atoms with Crippen molar-refractivity contribution in [2.24, 2.45) is 0 Å². The van der Waals surface area contributed by atoms with Gasteiger partial charge in [-0.05, 0) is 74.3 Å². The van der Waals surface area contributed by atoms with Crippen molar-refractivity contribution in [3.05, 3.63) is 84.1 Å². The second kappa shape index (κ2) is 14.6. The maximum Gasteiger partial charge on any atom is 0.333 e. The second-order valence-electron chi connectivity index (χ2n) is 10.2. The molecular formula is C32H35F2N5O4. The highest BCUT2D eigenvalue weighted by Crippen LogP contribution is 2.37. The van der Waals surface area contributed by atoms with E-state index >= 15 is 4.39 Å². The number of anilines is 1. The third-order valence-electron chi connectivity index (χ3n) is 7.14. The summed E-state index contributed by atoms with van der Waals surface area (Å²) in [7, 11) is 1.57. The Morgan fingerprint density at radius 2 is 1.77 bits per heavy atom. The van der Waals surface area contributed by atoms with Crippen molar-refractivity contribution in [1.29, 1.82) is 0 Å². The molecule has 11 heteroatoms. The molecular weight excluding hydrogens is 556 g/mol. The summed E-state index contributed by atoms with van der Waals surface area (Å²) >= 11 is 0. The number of halogens is 2. The van der Waals surface area contributed by atoms with E-state index in [1.165, 1.54) is 49.6 Å². The van der Waals surface area contributed by atoms with Crippen molar-refractivity contribution in [3.8, 4) is 23.0 Å². The number of para-hydroxylation sites is 1. The van der Waals surface area contributed by atoms with E-state index < -0.39 is 17.7 Å². The van der Waals surface area contributed by atoms with Gasteiger partial charge in [0, 0.05) is 30.7 Å². The highest BCUT2D eigenvalue weighted by Gasteiger charge is 2.15. The van der Waals surface area contributed by atoms with Crippen LogP contribution in [0.1, 0.15) is 31.2 Å². The average Bonchev–Trinajstić information content (AvgIpc) is 3.02. The quantitative estimate of drug-likeness (QED) is 0.130. The molecule has 2 amide bonds. The zero-order chi connectivity index (χ0) is 30.0. The number of pyridine rings is 1. The zero-order valence-electron chi connectivity index (χ0n) is 24.0. The number of nitrogens with zero attached hydrogens (tertiary/aromatic N) is 2. The number of carbonyl (C=O) groups excluding carboxylic acids is 1. The largest absolute Gasteiger partial charge is 0.493 e. The molecule has 2 heterocycles. The molecule has 0 bridgehead atoms. The second-order valence-corrected chi connectivity index (χ2v) is 10.2. The van der Waals surface area contributed by atoms with Crippen LogP contribution in [0.15, 0.2) is 66.9 Å². The van der Waals surface area contributed by atoms with Crippen LogP contribution in [0, 0.1) is 11.6 Å². The molecule has 1 saturated heterocycles. The van der Waals surface area contributed by atoms with Crippen LogP contribution in [0.2, 0.25) is 0 Å². The minimum atomic E-state index is -0.656. The highest BCUT2D eigenvalue weighted by molar-refractivity contribution is 5.89. The molecule has 3 N–H and O–H groups in total. The van der Waals surface area contributed by atoms with E-state index in [1.54, 1.807) is 37.6 Å². The van der Waals surface area contributed by atoms with Crippen molar-refractivity contribution in [1.82, 2.24) is 20.7 Å². The van der Waals surface area contributed by atoms with Crippen molar-refractivity contribution in [2.75, 3.05) is 38.7 Å². The molecule has 1 aromatic heterocycles. The molecule has 3 aromatic carbocycles. The van der Waals surface area contributed by atoms with Gasteiger partial charge in [-0.3, -0.25) is 10.4 Å². The minimum Gasteiger partial charge on any atom is -0.493 e. The first kappa shape index (κ1) is 30.0. The summed E-state index contributed by atoms with van der Waals surface area (Å²) in [5, 5.41) is 3.04. The Labute approximate surface area is 249 Å². The van der Waals surface area contributed by atoms with Crippen LogP contribution in [-0.4, -0.2) is 49.3 Å². The first-order valence-electron chi connectivity index (χ1n) is 14.3. The van der Waals surface area contributed by atoms with E-state index in [4.69, 9.17) is 14.2 Å². The van der Waals surface area contributed by atoms with Crippen LogP contribution in [0.5, 0.6) is 23.0 Å². The Balaban J connectivity index is 1.18. The summed E-state index contributed by atoms with van der Waals surface area (Å²) in [6.07, 6.45) is 6.35. The molecule has 43 heavy (non-hydrogen) atoms. The van der Waals surface area contributed by atoms with E-state index in [1.807, 2.05) is 6.07 Å². The van der Waals surface area contributed by atoms with Crippen LogP contribution in [0.4, 0.5) is 19.3 Å². The fourth-order valence-corrected chi connectivity index (χ4v) is 4.94. The molecule has 1 fully saturated rings. The molecule has 1 aliphatic rings. The first-order chi connectivity index (χ1) is 21.0. The molecule has 0 spiro atoms. The molecule has 9 nitrogen and oxygen atoms in total. The maximum atomic E-state index is 15.0. The number of hydrogen-bond acceptors (Lipinski definition) is 7. The fraction of sp³-hybridized carbons (Fsp3) is 0.312. The van der Waals surface area contributed by atoms with Gasteiger partial charge in [-0.25, -0.2) is 19.0 Å². The summed E-state index contributed by atoms with van der Waals surface area (Å²) in [4.78, 5) is 18.9. The number of hydrazine groups is 1. The van der Waals surface area contributed by atoms with E-state index in [2.05, 4.69) is 26.1 Å². The Morgan fingerprint density at radius 1 is 0.930 bits per heavy atom. The number of amides is 2. The molecule has 1 aliphatic heterocycles. The van der Waals surface area contributed by atoms with Gasteiger partial charge in [0.25, 0.3) is 0 Å². The number of piperidine rings is 1. The Kier molecular flexibility index (Phi) is 10.2. The number of ether oxygens (including phenoxy) is 3. The predicted octanol–water partition coefficient (Wildman–Crippen LogP) is 6.40. The van der Waals surface area contributed by atoms with Crippen molar-refractivity contribution >= 4 is 22.6 Å². The number of urea groups is 1. The smallest absolute Gasteiger partial charge is 0.333 e. The van der Waals surface area contributed by atoms with Gasteiger partial charge in [-0.2, -0.15) is 0 Å². The van der Waals surface area contributed by atoms with Gasteiger partial charge in [-0.1, -0.05) is 24.6 Å². The third kappa shape index (κ3) is 8.08. The average molecular weight is 592 g/mol. The molecule has 0 atom stereocenters. The van der Waals surface area contributed by atoms with Crippen LogP contribution in [0.3, 0.4) is 0 Å². The Morgan fingerprint density at radius 3 is 2.56 bits per heavy atom. The SMILES string of the molecule is COc1cc2c(Oc3ccc(CNNC(=O)Nc4ccccc4F)cc3F)ccnc2cc1OCCCN1CCCCC1. The summed E-state index contributed by atoms with van der Waals surface area (Å²) < 4.78 is 46.3. The van der Waals surface area contributed by atoms with Crippen LogP contribution >= 0.6 is 0 Å². The standard InChI is InChI=1S/C32H35F2N5O4/c1-41-30-19-23-27(20-31(30)42-17-7-16-39-14-5-2-6-15-39)35-13-12-28(23)43-29-11-10-22(18-25(29)34)21-36-38-32(40)37-26-9-4-3-8-24(26)33/h3-4,8-13,18-20,36H,2,5-7,14-17,21H2,1H3,(H2,37,38,40). The lowest BCUT2D eigenvalue weighted by atomic mass is 10.1. The number of nitrogens with one attached hydrogen (secondary N) is 3. The van der Waals surface area contributed by atoms with E-state index in [0.717, 1.165) is 26.1 Å². The summed E-state index contributed by atoms with van der Waals surface area (Å²) in [6.45, 7) is 4.00. The summed E-state index contributed by atoms with van der Waals surface area (Å²) in [6, 6.07) is 14.9. The molecule has 5 rings (SSSR count). The summed E-state index contributed by atoms with van der Waals surface area (Å²) in [5.74, 6) is 0.438. The van der Waals surface area contributed by atoms with Crippen LogP contribution in [-0.2, 0) is 6.54 Å². The Hall–Kier alpha value is -4.48. The zero-order valence-corrected chi connectivity index (χ0v) is 24.0. The number of benzene rings is 3. The Bertz CT molecular complexity index is 1550. The monoisotopic (exact) mass is 591 g/mol. The van der Waals surface area contributed by atoms with E-state index in [9.17, 15) is 9.18 Å². The number of hydrogen-bond donors (Lipinski definition) is 3. The van der Waals surface area contributed by atoms with Gasteiger partial charge >= 0.3 is 6.03 Å². The predicted molar refractivity (Wildman–Crippen MR) is 161 cm³/mol. The highest BCUT2D eigenvalue weighted by atomic mass is 19.1. The number of fused-ring (bicyclic) bond motifs is 1. The fourth-order valence-electron chi connectivity index (χ4n) is 4.94. The number of carbonyl (C=O) groups is 1. The molecule has 0 radical (unpaired) electrons. The molecule has 0 unspecified atom stereocenters. The number of likely N-dealkylation sites (tertiary alicyclic amines) is 1. The van der Waals surface area contributed by atoms with Gasteiger partial charge in [0.05, 0.1) is 24.9 Å². The molecule has 0 aliphatic carbocycles. The van der Waals surface area contributed by atoms with Gasteiger partial charge in [0.2, 0.25) is 0 Å². The lowest BCUT2D eigenvalue weighted by molar-refractivity contribution is 0.203. The molecule has 226 valence electrons. The third-order valence-corrected chi connectivity index (χ3v) is 7.14. The topological polar surface area (TPSA) is 97.0 Å². The van der Waals surface area contributed by atoms with Gasteiger partial charge in [0.1, 0.15) is 11.6 Å². The van der Waals surface area contributed by atoms with Crippen molar-refractivity contribution in [2.45, 2.75) is 32.2 Å². The lowest BCUT2D eigenvalue weighted by Crippen LogP contribution is -2.40. The van der Waals surface area contributed by atoms with Crippen LogP contribution in [0.25, 0.3) is 10.9 Å². The number of aromatic nitrogens is 1. The van der Waals surface area contributed by atoms with Gasteiger partial charge in [-0.15, -0.1) is 0 Å². The van der Waals surface area contributed by atoms with Crippen molar-refractivity contribution < 1.29 is 27.8 Å². The van der Waals surface area contributed by atoms with Gasteiger partial charge < -0.3 is 24.4 Å². The molecule has 0 saturated carbocycles. The lowest BCUT2D eigenvalue weighted by Gasteiger charge is -2.26. The normalized spacial score (nSPS) is 13.5. The first-order valence-corrected chi connectivity index (χ1v) is 14.3. The van der Waals surface area contributed by atoms with Gasteiger partial charge in [0.15, 0.2) is 23.1 Å². The summed E-state index contributed by atoms with van der Waals surface area (Å²) in [5.41, 5.74) is 6.31. The number of rotatable bonds is 12. The van der Waals surface area contributed by atoms with E-state index in [0.29, 0.717) is 40.3 Å². The van der Waals surface area contributed by atoms with Crippen LogP contribution < -0.4 is 30.4 Å². The van der Waals surface area contributed by atoms with E-state index in [-0.39, 0.29) is 18.0 Å². The molecule has 4 aromatic rings. The van der Waals surface area contributed by atoms with Crippen molar-refractivity contribution in [3.63, 3.8) is 0 Å². The minimum absolute atomic E-state index is 0.0264. The number of methoxy groups -OCH3 is 1.